The highest BCUT2D eigenvalue weighted by molar-refractivity contribution is 6.19. The largest absolute Gasteiger partial charge is 0.456 e. The molecule has 0 aliphatic heterocycles. The summed E-state index contributed by atoms with van der Waals surface area (Å²) in [5.74, 6) is 1.85. The van der Waals surface area contributed by atoms with Crippen molar-refractivity contribution in [3.63, 3.8) is 0 Å². The lowest BCUT2D eigenvalue weighted by molar-refractivity contribution is 0.669. The molecule has 0 saturated carbocycles. The summed E-state index contributed by atoms with van der Waals surface area (Å²) in [5, 5.41) is 6.45. The van der Waals surface area contributed by atoms with Gasteiger partial charge >= 0.3 is 0 Å². The molecule has 3 heterocycles. The average molecular weight is 616 g/mol. The summed E-state index contributed by atoms with van der Waals surface area (Å²) in [7, 11) is 0. The van der Waals surface area contributed by atoms with Gasteiger partial charge in [-0.05, 0) is 46.8 Å². The molecule has 0 unspecified atom stereocenters. The molecule has 48 heavy (non-hydrogen) atoms. The number of furan rings is 2. The maximum atomic E-state index is 6.55. The Bertz CT molecular complexity index is 2780. The topological polar surface area (TPSA) is 65.0 Å². The Morgan fingerprint density at radius 2 is 0.958 bits per heavy atom. The van der Waals surface area contributed by atoms with Crippen molar-refractivity contribution < 1.29 is 8.83 Å². The van der Waals surface area contributed by atoms with Crippen LogP contribution in [0.1, 0.15) is 0 Å². The maximum Gasteiger partial charge on any atom is 0.164 e. The molecule has 0 N–H and O–H groups in total. The highest BCUT2D eigenvalue weighted by Crippen LogP contribution is 2.42. The van der Waals surface area contributed by atoms with Crippen LogP contribution in [-0.4, -0.2) is 15.0 Å². The molecule has 0 spiro atoms. The SMILES string of the molecule is c1ccc(-c2nc(-c3ccccc3)nc(-c3cccc4oc5cc(-c6cccc7oc8c9ccccc9ccc8c67)ccc5c34)n2)cc1. The minimum absolute atomic E-state index is 0.599. The van der Waals surface area contributed by atoms with Crippen molar-refractivity contribution in [3.05, 3.63) is 152 Å². The van der Waals surface area contributed by atoms with Gasteiger partial charge in [0.15, 0.2) is 17.5 Å². The van der Waals surface area contributed by atoms with Gasteiger partial charge in [0, 0.05) is 43.6 Å². The van der Waals surface area contributed by atoms with Crippen molar-refractivity contribution in [1.82, 2.24) is 15.0 Å². The summed E-state index contributed by atoms with van der Waals surface area (Å²) in [4.78, 5) is 14.9. The number of hydrogen-bond donors (Lipinski definition) is 0. The fourth-order valence-corrected chi connectivity index (χ4v) is 6.90. The number of benzene rings is 7. The fourth-order valence-electron chi connectivity index (χ4n) is 6.90. The second-order valence-electron chi connectivity index (χ2n) is 12.0. The third kappa shape index (κ3) is 4.15. The third-order valence-corrected chi connectivity index (χ3v) is 9.14. The van der Waals surface area contributed by atoms with Gasteiger partial charge in [-0.3, -0.25) is 0 Å². The van der Waals surface area contributed by atoms with Gasteiger partial charge in [0.25, 0.3) is 0 Å². The van der Waals surface area contributed by atoms with Gasteiger partial charge < -0.3 is 8.83 Å². The average Bonchev–Trinajstić information content (AvgIpc) is 3.74. The highest BCUT2D eigenvalue weighted by Gasteiger charge is 2.19. The number of aromatic nitrogens is 3. The van der Waals surface area contributed by atoms with Gasteiger partial charge in [0.05, 0.1) is 0 Å². The lowest BCUT2D eigenvalue weighted by atomic mass is 9.97. The van der Waals surface area contributed by atoms with E-state index in [9.17, 15) is 0 Å². The third-order valence-electron chi connectivity index (χ3n) is 9.14. The normalized spacial score (nSPS) is 11.8. The molecule has 5 heteroatoms. The molecule has 7 aromatic carbocycles. The van der Waals surface area contributed by atoms with Crippen LogP contribution in [0.4, 0.5) is 0 Å². The predicted octanol–water partition coefficient (Wildman–Crippen LogP) is 11.5. The van der Waals surface area contributed by atoms with Crippen LogP contribution in [0, 0.1) is 0 Å². The first-order valence-corrected chi connectivity index (χ1v) is 15.9. The molecule has 10 rings (SSSR count). The molecule has 224 valence electrons. The Kier molecular flexibility index (Phi) is 5.81. The van der Waals surface area contributed by atoms with E-state index in [4.69, 9.17) is 23.8 Å². The van der Waals surface area contributed by atoms with Crippen molar-refractivity contribution in [2.24, 2.45) is 0 Å². The van der Waals surface area contributed by atoms with E-state index < -0.39 is 0 Å². The number of rotatable bonds is 4. The Balaban J connectivity index is 1.16. The summed E-state index contributed by atoms with van der Waals surface area (Å²) >= 11 is 0. The van der Waals surface area contributed by atoms with Gasteiger partial charge in [-0.1, -0.05) is 121 Å². The van der Waals surface area contributed by atoms with E-state index >= 15 is 0 Å². The van der Waals surface area contributed by atoms with E-state index in [1.165, 1.54) is 0 Å². The van der Waals surface area contributed by atoms with Crippen LogP contribution in [-0.2, 0) is 0 Å². The van der Waals surface area contributed by atoms with Gasteiger partial charge in [0.1, 0.15) is 22.3 Å². The first-order valence-electron chi connectivity index (χ1n) is 15.9. The molecular formula is C43H25N3O2. The van der Waals surface area contributed by atoms with Crippen LogP contribution in [0.15, 0.2) is 160 Å². The van der Waals surface area contributed by atoms with Gasteiger partial charge in [-0.2, -0.15) is 0 Å². The van der Waals surface area contributed by atoms with Crippen LogP contribution in [0.5, 0.6) is 0 Å². The minimum Gasteiger partial charge on any atom is -0.456 e. The van der Waals surface area contributed by atoms with E-state index in [0.29, 0.717) is 17.5 Å². The zero-order chi connectivity index (χ0) is 31.6. The lowest BCUT2D eigenvalue weighted by Crippen LogP contribution is -2.00. The van der Waals surface area contributed by atoms with E-state index in [2.05, 4.69) is 72.8 Å². The number of fused-ring (bicyclic) bond motifs is 8. The summed E-state index contributed by atoms with van der Waals surface area (Å²) in [6.45, 7) is 0. The molecular weight excluding hydrogens is 590 g/mol. The standard InChI is InChI=1S/C43H25N3O2/c1-3-12-27(13-4-1)41-44-42(28-14-5-2-6-15-28)46-43(45-41)34-18-10-19-35-39(34)32-23-22-29(25-37(32)47-35)30-17-9-20-36-38(30)33-24-21-26-11-7-8-16-31(26)40(33)48-36/h1-25H. The molecule has 0 radical (unpaired) electrons. The summed E-state index contributed by atoms with van der Waals surface area (Å²) in [6, 6.07) is 51.5. The van der Waals surface area contributed by atoms with Crippen LogP contribution < -0.4 is 0 Å². The second-order valence-corrected chi connectivity index (χ2v) is 12.0. The van der Waals surface area contributed by atoms with Gasteiger partial charge in [-0.25, -0.2) is 15.0 Å². The maximum absolute atomic E-state index is 6.55. The molecule has 0 aliphatic carbocycles. The predicted molar refractivity (Wildman–Crippen MR) is 194 cm³/mol. The highest BCUT2D eigenvalue weighted by atomic mass is 16.3. The van der Waals surface area contributed by atoms with Crippen LogP contribution in [0.2, 0.25) is 0 Å². The molecule has 10 aromatic rings. The molecule has 0 aliphatic rings. The Labute approximate surface area is 274 Å². The first kappa shape index (κ1) is 26.6. The first-order chi connectivity index (χ1) is 23.8. The zero-order valence-corrected chi connectivity index (χ0v) is 25.6. The Morgan fingerprint density at radius 3 is 1.71 bits per heavy atom. The van der Waals surface area contributed by atoms with E-state index in [1.54, 1.807) is 0 Å². The van der Waals surface area contributed by atoms with Crippen molar-refractivity contribution >= 4 is 54.6 Å². The number of hydrogen-bond acceptors (Lipinski definition) is 5. The van der Waals surface area contributed by atoms with Crippen molar-refractivity contribution in [3.8, 4) is 45.3 Å². The quantitative estimate of drug-likeness (QED) is 0.197. The fraction of sp³-hybridized carbons (Fsp3) is 0. The Hall–Kier alpha value is -6.59. The smallest absolute Gasteiger partial charge is 0.164 e. The number of nitrogens with zero attached hydrogens (tertiary/aromatic N) is 3. The molecule has 0 atom stereocenters. The summed E-state index contributed by atoms with van der Waals surface area (Å²) < 4.78 is 13.0. The van der Waals surface area contributed by atoms with Crippen molar-refractivity contribution in [2.45, 2.75) is 0 Å². The van der Waals surface area contributed by atoms with Gasteiger partial charge in [0.2, 0.25) is 0 Å². The summed E-state index contributed by atoms with van der Waals surface area (Å²) in [5.41, 5.74) is 8.26. The van der Waals surface area contributed by atoms with E-state index in [1.807, 2.05) is 78.9 Å². The van der Waals surface area contributed by atoms with Crippen molar-refractivity contribution in [1.29, 1.82) is 0 Å². The molecule has 0 amide bonds. The van der Waals surface area contributed by atoms with Crippen LogP contribution in [0.25, 0.3) is 99.9 Å². The van der Waals surface area contributed by atoms with Crippen molar-refractivity contribution in [2.75, 3.05) is 0 Å². The van der Waals surface area contributed by atoms with E-state index in [0.717, 1.165) is 82.5 Å². The molecule has 0 fully saturated rings. The van der Waals surface area contributed by atoms with Crippen LogP contribution in [0.3, 0.4) is 0 Å². The van der Waals surface area contributed by atoms with E-state index in [-0.39, 0.29) is 0 Å². The second kappa shape index (κ2) is 10.5. The Morgan fingerprint density at radius 1 is 0.354 bits per heavy atom. The zero-order valence-electron chi connectivity index (χ0n) is 25.6. The lowest BCUT2D eigenvalue weighted by Gasteiger charge is -2.09. The van der Waals surface area contributed by atoms with Crippen LogP contribution >= 0.6 is 0 Å². The molecule has 0 saturated heterocycles. The summed E-state index contributed by atoms with van der Waals surface area (Å²) in [6.07, 6.45) is 0. The minimum atomic E-state index is 0.599. The monoisotopic (exact) mass is 615 g/mol. The molecule has 3 aromatic heterocycles. The molecule has 0 bridgehead atoms. The van der Waals surface area contributed by atoms with Gasteiger partial charge in [-0.15, -0.1) is 0 Å². The molecule has 5 nitrogen and oxygen atoms in total.